The second-order valence-corrected chi connectivity index (χ2v) is 3.28. The lowest BCUT2D eigenvalue weighted by Gasteiger charge is -2.05. The lowest BCUT2D eigenvalue weighted by atomic mass is 10.4. The monoisotopic (exact) mass is 248 g/mol. The smallest absolute Gasteiger partial charge is 0.332 e. The van der Waals surface area contributed by atoms with Crippen LogP contribution in [0.25, 0.3) is 0 Å². The Labute approximate surface area is 83.6 Å². The molecule has 0 aliphatic rings. The maximum atomic E-state index is 10.4. The number of hydrogen-bond donors (Lipinski definition) is 1. The molecule has 1 rings (SSSR count). The van der Waals surface area contributed by atoms with Crippen molar-refractivity contribution in [1.29, 1.82) is 0 Å². The summed E-state index contributed by atoms with van der Waals surface area (Å²) in [5, 5.41) is 8.50. The van der Waals surface area contributed by atoms with Crippen molar-refractivity contribution in [1.82, 2.24) is 0 Å². The summed E-state index contributed by atoms with van der Waals surface area (Å²) in [5.74, 6) is -0.384. The molecule has 0 aliphatic heterocycles. The summed E-state index contributed by atoms with van der Waals surface area (Å²) in [5.41, 5.74) is 0. The SMILES string of the molecule is CC(OCc1ccc(Br)o1)C(=O)O. The van der Waals surface area contributed by atoms with Gasteiger partial charge >= 0.3 is 5.97 Å². The Morgan fingerprint density at radius 3 is 2.92 bits per heavy atom. The van der Waals surface area contributed by atoms with Gasteiger partial charge in [0.15, 0.2) is 10.8 Å². The van der Waals surface area contributed by atoms with E-state index in [-0.39, 0.29) is 6.61 Å². The molecule has 4 nitrogen and oxygen atoms in total. The van der Waals surface area contributed by atoms with Crippen LogP contribution in [0.1, 0.15) is 12.7 Å². The number of furan rings is 1. The molecule has 0 saturated heterocycles. The van der Waals surface area contributed by atoms with Crippen molar-refractivity contribution in [3.05, 3.63) is 22.6 Å². The number of aliphatic carboxylic acids is 1. The Hall–Kier alpha value is -0.810. The van der Waals surface area contributed by atoms with Crippen LogP contribution in [-0.2, 0) is 16.1 Å². The maximum absolute atomic E-state index is 10.4. The highest BCUT2D eigenvalue weighted by Crippen LogP contribution is 2.15. The van der Waals surface area contributed by atoms with Crippen LogP contribution in [0.4, 0.5) is 0 Å². The van der Waals surface area contributed by atoms with Gasteiger partial charge in [-0.3, -0.25) is 0 Å². The number of halogens is 1. The first kappa shape index (κ1) is 10.3. The van der Waals surface area contributed by atoms with Gasteiger partial charge in [-0.05, 0) is 35.0 Å². The first-order chi connectivity index (χ1) is 6.09. The van der Waals surface area contributed by atoms with Crippen LogP contribution < -0.4 is 0 Å². The van der Waals surface area contributed by atoms with Crippen molar-refractivity contribution in [2.45, 2.75) is 19.6 Å². The zero-order valence-electron chi connectivity index (χ0n) is 6.99. The summed E-state index contributed by atoms with van der Waals surface area (Å²) in [6.07, 6.45) is -0.816. The fourth-order valence-electron chi connectivity index (χ4n) is 0.708. The molecular weight excluding hydrogens is 240 g/mol. The molecule has 0 aromatic carbocycles. The van der Waals surface area contributed by atoms with Crippen LogP contribution in [0.15, 0.2) is 21.2 Å². The van der Waals surface area contributed by atoms with Gasteiger partial charge < -0.3 is 14.3 Å². The Bertz CT molecular complexity index is 294. The Morgan fingerprint density at radius 2 is 2.46 bits per heavy atom. The minimum atomic E-state index is -0.981. The average molecular weight is 249 g/mol. The van der Waals surface area contributed by atoms with Crippen molar-refractivity contribution in [3.8, 4) is 0 Å². The minimum Gasteiger partial charge on any atom is -0.479 e. The lowest BCUT2D eigenvalue weighted by molar-refractivity contribution is -0.150. The summed E-state index contributed by atoms with van der Waals surface area (Å²) in [6.45, 7) is 1.64. The van der Waals surface area contributed by atoms with Crippen LogP contribution in [0.2, 0.25) is 0 Å². The Balaban J connectivity index is 2.39. The molecule has 1 aromatic heterocycles. The van der Waals surface area contributed by atoms with Crippen molar-refractivity contribution in [2.24, 2.45) is 0 Å². The van der Waals surface area contributed by atoms with Crippen LogP contribution in [0.5, 0.6) is 0 Å². The molecule has 1 aromatic rings. The Morgan fingerprint density at radius 1 is 1.77 bits per heavy atom. The molecular formula is C8H9BrO4. The molecule has 0 amide bonds. The van der Waals surface area contributed by atoms with Crippen molar-refractivity contribution in [3.63, 3.8) is 0 Å². The first-order valence-corrected chi connectivity index (χ1v) is 4.47. The highest BCUT2D eigenvalue weighted by molar-refractivity contribution is 9.10. The van der Waals surface area contributed by atoms with E-state index in [2.05, 4.69) is 15.9 Å². The number of ether oxygens (including phenoxy) is 1. The predicted molar refractivity (Wildman–Crippen MR) is 48.3 cm³/mol. The topological polar surface area (TPSA) is 59.7 Å². The molecule has 0 fully saturated rings. The van der Waals surface area contributed by atoms with Crippen LogP contribution in [0, 0.1) is 0 Å². The standard InChI is InChI=1S/C8H9BrO4/c1-5(8(10)11)12-4-6-2-3-7(9)13-6/h2-3,5H,4H2,1H3,(H,10,11). The third kappa shape index (κ3) is 3.20. The van der Waals surface area contributed by atoms with E-state index in [4.69, 9.17) is 14.3 Å². The summed E-state index contributed by atoms with van der Waals surface area (Å²) in [7, 11) is 0. The highest BCUT2D eigenvalue weighted by atomic mass is 79.9. The molecule has 1 unspecified atom stereocenters. The van der Waals surface area contributed by atoms with Gasteiger partial charge in [0.1, 0.15) is 12.4 Å². The van der Waals surface area contributed by atoms with Gasteiger partial charge in [0, 0.05) is 0 Å². The van der Waals surface area contributed by atoms with Gasteiger partial charge in [0.05, 0.1) is 0 Å². The predicted octanol–water partition coefficient (Wildman–Crippen LogP) is 2.03. The van der Waals surface area contributed by atoms with Gasteiger partial charge in [-0.25, -0.2) is 4.79 Å². The van der Waals surface area contributed by atoms with Gasteiger partial charge in [0.25, 0.3) is 0 Å². The van der Waals surface area contributed by atoms with Crippen molar-refractivity contribution < 1.29 is 19.1 Å². The number of carboxylic acid groups (broad SMARTS) is 1. The van der Waals surface area contributed by atoms with Crippen molar-refractivity contribution in [2.75, 3.05) is 0 Å². The second kappa shape index (κ2) is 4.43. The zero-order chi connectivity index (χ0) is 9.84. The fourth-order valence-corrected chi connectivity index (χ4v) is 1.05. The molecule has 0 aliphatic carbocycles. The maximum Gasteiger partial charge on any atom is 0.332 e. The summed E-state index contributed by atoms with van der Waals surface area (Å²) in [4.78, 5) is 10.4. The highest BCUT2D eigenvalue weighted by Gasteiger charge is 2.11. The van der Waals surface area contributed by atoms with Gasteiger partial charge in [-0.2, -0.15) is 0 Å². The molecule has 72 valence electrons. The lowest BCUT2D eigenvalue weighted by Crippen LogP contribution is -2.19. The van der Waals surface area contributed by atoms with E-state index in [1.54, 1.807) is 12.1 Å². The molecule has 0 spiro atoms. The Kier molecular flexibility index (Phi) is 3.50. The first-order valence-electron chi connectivity index (χ1n) is 3.68. The number of carbonyl (C=O) groups is 1. The second-order valence-electron chi connectivity index (χ2n) is 2.50. The van der Waals surface area contributed by atoms with E-state index in [0.29, 0.717) is 10.4 Å². The summed E-state index contributed by atoms with van der Waals surface area (Å²) < 4.78 is 10.7. The van der Waals surface area contributed by atoms with E-state index in [1.165, 1.54) is 6.92 Å². The third-order valence-electron chi connectivity index (χ3n) is 1.45. The van der Waals surface area contributed by atoms with E-state index in [0.717, 1.165) is 0 Å². The summed E-state index contributed by atoms with van der Waals surface area (Å²) >= 11 is 3.13. The van der Waals surface area contributed by atoms with Crippen LogP contribution in [0.3, 0.4) is 0 Å². The van der Waals surface area contributed by atoms with Crippen LogP contribution >= 0.6 is 15.9 Å². The van der Waals surface area contributed by atoms with E-state index < -0.39 is 12.1 Å². The van der Waals surface area contributed by atoms with Crippen molar-refractivity contribution >= 4 is 21.9 Å². The number of hydrogen-bond acceptors (Lipinski definition) is 3. The average Bonchev–Trinajstić information content (AvgIpc) is 2.47. The number of carboxylic acids is 1. The zero-order valence-corrected chi connectivity index (χ0v) is 8.58. The minimum absolute atomic E-state index is 0.166. The van der Waals surface area contributed by atoms with Crippen LogP contribution in [-0.4, -0.2) is 17.2 Å². The fraction of sp³-hybridized carbons (Fsp3) is 0.375. The molecule has 13 heavy (non-hydrogen) atoms. The molecule has 1 N–H and O–H groups in total. The summed E-state index contributed by atoms with van der Waals surface area (Å²) in [6, 6.07) is 3.45. The molecule has 0 bridgehead atoms. The quantitative estimate of drug-likeness (QED) is 0.886. The van der Waals surface area contributed by atoms with Gasteiger partial charge in [-0.1, -0.05) is 0 Å². The third-order valence-corrected chi connectivity index (χ3v) is 1.88. The molecule has 0 saturated carbocycles. The number of rotatable bonds is 4. The van der Waals surface area contributed by atoms with Gasteiger partial charge in [-0.15, -0.1) is 0 Å². The van der Waals surface area contributed by atoms with Gasteiger partial charge in [0.2, 0.25) is 0 Å². The molecule has 1 atom stereocenters. The largest absolute Gasteiger partial charge is 0.479 e. The normalized spacial score (nSPS) is 12.8. The van der Waals surface area contributed by atoms with E-state index in [1.807, 2.05) is 0 Å². The van der Waals surface area contributed by atoms with E-state index >= 15 is 0 Å². The molecule has 1 heterocycles. The molecule has 0 radical (unpaired) electrons. The van der Waals surface area contributed by atoms with E-state index in [9.17, 15) is 4.79 Å². The molecule has 5 heteroatoms.